The topological polar surface area (TPSA) is 178 Å². The van der Waals surface area contributed by atoms with Crippen molar-refractivity contribution in [1.82, 2.24) is 49.3 Å². The Morgan fingerprint density at radius 3 is 1.28 bits per heavy atom. The van der Waals surface area contributed by atoms with E-state index in [2.05, 4.69) is 78.0 Å². The molecule has 360 valence electrons. The first-order valence-corrected chi connectivity index (χ1v) is 24.5. The average molecular weight is 929 g/mol. The van der Waals surface area contributed by atoms with Crippen molar-refractivity contribution in [2.75, 3.05) is 103 Å². The van der Waals surface area contributed by atoms with Gasteiger partial charge in [-0.3, -0.25) is 9.80 Å². The molecule has 18 heteroatoms. The second kappa shape index (κ2) is 19.1. The van der Waals surface area contributed by atoms with Gasteiger partial charge in [-0.05, 0) is 137 Å². The van der Waals surface area contributed by atoms with Gasteiger partial charge in [0.15, 0.2) is 11.6 Å². The van der Waals surface area contributed by atoms with E-state index in [1.165, 1.54) is 47.9 Å². The minimum absolute atomic E-state index is 0.299. The third-order valence-electron chi connectivity index (χ3n) is 15.2. The molecule has 10 heterocycles. The van der Waals surface area contributed by atoms with Crippen LogP contribution in [0.25, 0.3) is 33.4 Å². The zero-order valence-electron chi connectivity index (χ0n) is 39.7. The molecule has 0 bridgehead atoms. The predicted octanol–water partition coefficient (Wildman–Crippen LogP) is 4.56. The molecule has 2 unspecified atom stereocenters. The van der Waals surface area contributed by atoms with Crippen LogP contribution in [-0.2, 0) is 9.47 Å². The zero-order chi connectivity index (χ0) is 46.5. The van der Waals surface area contributed by atoms with Crippen LogP contribution in [0.2, 0.25) is 0 Å². The second-order valence-electron chi connectivity index (χ2n) is 19.6. The first-order valence-electron chi connectivity index (χ1n) is 24.5. The Hall–Kier alpha value is -5.50. The van der Waals surface area contributed by atoms with Gasteiger partial charge in [-0.25, -0.2) is 9.36 Å². The Bertz CT molecular complexity index is 2540. The van der Waals surface area contributed by atoms with Gasteiger partial charge in [-0.2, -0.15) is 30.1 Å². The number of hydrogen-bond acceptors (Lipinski definition) is 16. The number of hydrogen-bond donors (Lipinski definition) is 2. The van der Waals surface area contributed by atoms with E-state index in [0.717, 1.165) is 98.9 Å². The molecule has 6 saturated heterocycles. The standard InChI is InChI=1S/2C25H32N6O3/c2*1-16-9-18-12-26-31(24-11-23(27-25(28-24)33-2)30-13-20(32)14-30)22(18)10-21(16)17-3-6-29(7-4-17)19-5-8-34-15-19/h2*9-12,17,19-20,32H,3-8,13-15H2,1-2H3. The molecule has 0 amide bonds. The van der Waals surface area contributed by atoms with E-state index >= 15 is 0 Å². The minimum atomic E-state index is -0.312. The lowest BCUT2D eigenvalue weighted by Gasteiger charge is -2.36. The molecule has 18 nitrogen and oxygen atoms in total. The number of piperidine rings is 2. The minimum Gasteiger partial charge on any atom is -0.467 e. The monoisotopic (exact) mass is 929 g/mol. The molecule has 6 aliphatic rings. The van der Waals surface area contributed by atoms with Gasteiger partial charge in [0.2, 0.25) is 0 Å². The zero-order valence-corrected chi connectivity index (χ0v) is 39.7. The Morgan fingerprint density at radius 1 is 0.529 bits per heavy atom. The van der Waals surface area contributed by atoms with E-state index in [9.17, 15) is 10.2 Å². The fourth-order valence-electron chi connectivity index (χ4n) is 11.2. The van der Waals surface area contributed by atoms with Crippen LogP contribution in [0, 0.1) is 13.8 Å². The Labute approximate surface area is 396 Å². The van der Waals surface area contributed by atoms with E-state index in [1.54, 1.807) is 14.2 Å². The Balaban J connectivity index is 0.000000149. The second-order valence-corrected chi connectivity index (χ2v) is 19.6. The maximum Gasteiger partial charge on any atom is 0.320 e. The van der Waals surface area contributed by atoms with Crippen molar-refractivity contribution in [3.63, 3.8) is 0 Å². The SMILES string of the molecule is COc1nc(N2CC(O)C2)cc(-n2ncc3cc(C)c(C4CCN(C5CCOC5)CC4)cc32)n1.COc1nc(N2CC(O)C2)cc(-n2ncc3cc(C)c(C4CCN(C5CCOC5)CC4)cc32)n1. The molecule has 0 saturated carbocycles. The van der Waals surface area contributed by atoms with Crippen molar-refractivity contribution < 1.29 is 29.2 Å². The Morgan fingerprint density at radius 2 is 0.926 bits per heavy atom. The van der Waals surface area contributed by atoms with Crippen LogP contribution in [0.1, 0.15) is 72.6 Å². The molecule has 6 aromatic rings. The lowest BCUT2D eigenvalue weighted by Crippen LogP contribution is -2.51. The van der Waals surface area contributed by atoms with Crippen LogP contribution < -0.4 is 19.3 Å². The van der Waals surface area contributed by atoms with Gasteiger partial charge >= 0.3 is 12.0 Å². The molecule has 0 radical (unpaired) electrons. The number of anilines is 2. The fourth-order valence-corrected chi connectivity index (χ4v) is 11.2. The molecule has 0 aliphatic carbocycles. The van der Waals surface area contributed by atoms with Crippen LogP contribution in [0.5, 0.6) is 12.0 Å². The number of nitrogens with zero attached hydrogens (tertiary/aromatic N) is 12. The number of rotatable bonds is 10. The summed E-state index contributed by atoms with van der Waals surface area (Å²) in [5, 5.41) is 31.0. The van der Waals surface area contributed by atoms with Gasteiger partial charge in [0.1, 0.15) is 11.6 Å². The number of aliphatic hydroxyl groups excluding tert-OH is 2. The summed E-state index contributed by atoms with van der Waals surface area (Å²) >= 11 is 0. The lowest BCUT2D eigenvalue weighted by molar-refractivity contribution is 0.122. The molecule has 2 N–H and O–H groups in total. The number of aryl methyl sites for hydroxylation is 2. The molecular weight excluding hydrogens is 865 g/mol. The van der Waals surface area contributed by atoms with Gasteiger partial charge in [-0.15, -0.1) is 0 Å². The highest BCUT2D eigenvalue weighted by Gasteiger charge is 2.32. The van der Waals surface area contributed by atoms with Gasteiger partial charge < -0.3 is 39.0 Å². The van der Waals surface area contributed by atoms with Gasteiger partial charge in [0.05, 0.1) is 63.1 Å². The molecule has 2 aromatic carbocycles. The molecule has 68 heavy (non-hydrogen) atoms. The average Bonchev–Trinajstić information content (AvgIpc) is 4.20. The number of benzene rings is 2. The summed E-state index contributed by atoms with van der Waals surface area (Å²) in [6.07, 6.45) is 10.2. The molecule has 2 atom stereocenters. The van der Waals surface area contributed by atoms with Crippen LogP contribution >= 0.6 is 0 Å². The maximum atomic E-state index is 9.72. The molecule has 6 aliphatic heterocycles. The Kier molecular flexibility index (Phi) is 12.6. The predicted molar refractivity (Wildman–Crippen MR) is 258 cm³/mol. The summed E-state index contributed by atoms with van der Waals surface area (Å²) in [7, 11) is 3.14. The fraction of sp³-hybridized carbons (Fsp3) is 0.560. The number of aromatic nitrogens is 8. The van der Waals surface area contributed by atoms with Crippen molar-refractivity contribution in [1.29, 1.82) is 0 Å². The van der Waals surface area contributed by atoms with Crippen molar-refractivity contribution in [2.45, 2.75) is 88.5 Å². The lowest BCUT2D eigenvalue weighted by atomic mass is 9.86. The number of fused-ring (bicyclic) bond motifs is 2. The highest BCUT2D eigenvalue weighted by Crippen LogP contribution is 2.37. The largest absolute Gasteiger partial charge is 0.467 e. The first-order chi connectivity index (χ1) is 33.2. The maximum absolute atomic E-state index is 9.72. The summed E-state index contributed by atoms with van der Waals surface area (Å²) in [6, 6.07) is 14.7. The molecule has 6 fully saturated rings. The van der Waals surface area contributed by atoms with Gasteiger partial charge in [-0.1, -0.05) is 0 Å². The number of methoxy groups -OCH3 is 2. The normalized spacial score (nSPS) is 22.4. The first kappa shape index (κ1) is 45.0. The number of likely N-dealkylation sites (tertiary alicyclic amines) is 2. The smallest absolute Gasteiger partial charge is 0.320 e. The summed E-state index contributed by atoms with van der Waals surface area (Å²) in [5.74, 6) is 3.92. The highest BCUT2D eigenvalue weighted by atomic mass is 16.5. The number of ether oxygens (including phenoxy) is 4. The molecule has 0 spiro atoms. The molecular formula is C50H64N12O6. The van der Waals surface area contributed by atoms with E-state index in [0.29, 0.717) is 73.8 Å². The van der Waals surface area contributed by atoms with Crippen molar-refractivity contribution in [2.24, 2.45) is 0 Å². The van der Waals surface area contributed by atoms with Gasteiger partial charge in [0, 0.05) is 74.4 Å². The third-order valence-corrected chi connectivity index (χ3v) is 15.2. The van der Waals surface area contributed by atoms with E-state index in [4.69, 9.17) is 18.9 Å². The summed E-state index contributed by atoms with van der Waals surface area (Å²) in [6.45, 7) is 14.8. The number of β-amino-alcohol motifs (C(OH)–C–C–N with tert-alkyl or cyclic N) is 2. The number of aliphatic hydroxyl groups is 2. The quantitative estimate of drug-likeness (QED) is 0.195. The van der Waals surface area contributed by atoms with E-state index in [-0.39, 0.29) is 12.2 Å². The van der Waals surface area contributed by atoms with Crippen molar-refractivity contribution >= 4 is 33.4 Å². The van der Waals surface area contributed by atoms with E-state index < -0.39 is 0 Å². The van der Waals surface area contributed by atoms with Crippen LogP contribution in [0.15, 0.2) is 48.8 Å². The van der Waals surface area contributed by atoms with Crippen molar-refractivity contribution in [3.05, 3.63) is 71.0 Å². The molecule has 12 rings (SSSR count). The third kappa shape index (κ3) is 8.97. The summed E-state index contributed by atoms with van der Waals surface area (Å²) < 4.78 is 25.7. The van der Waals surface area contributed by atoms with Gasteiger partial charge in [0.25, 0.3) is 0 Å². The van der Waals surface area contributed by atoms with Crippen LogP contribution in [0.4, 0.5) is 11.6 Å². The molecule has 4 aromatic heterocycles. The van der Waals surface area contributed by atoms with E-state index in [1.807, 2.05) is 43.7 Å². The van der Waals surface area contributed by atoms with Crippen LogP contribution in [0.3, 0.4) is 0 Å². The highest BCUT2D eigenvalue weighted by molar-refractivity contribution is 5.83. The van der Waals surface area contributed by atoms with Crippen molar-refractivity contribution in [3.8, 4) is 23.7 Å². The van der Waals surface area contributed by atoms with Crippen LogP contribution in [-0.4, -0.2) is 177 Å². The summed E-state index contributed by atoms with van der Waals surface area (Å²) in [5.41, 5.74) is 7.55. The summed E-state index contributed by atoms with van der Waals surface area (Å²) in [4.78, 5) is 27.4.